The van der Waals surface area contributed by atoms with E-state index in [1.165, 1.54) is 0 Å². The summed E-state index contributed by atoms with van der Waals surface area (Å²) in [5.74, 6) is 0. The molecule has 0 amide bonds. The molecule has 0 aliphatic carbocycles. The molecule has 0 spiro atoms. The molecule has 0 unspecified atom stereocenters. The van der Waals surface area contributed by atoms with E-state index in [2.05, 4.69) is 16.2 Å². The molecule has 0 bridgehead atoms. The van der Waals surface area contributed by atoms with Gasteiger partial charge in [-0.2, -0.15) is 0 Å². The first-order valence-corrected chi connectivity index (χ1v) is 5.60. The van der Waals surface area contributed by atoms with E-state index in [9.17, 15) is 0 Å². The summed E-state index contributed by atoms with van der Waals surface area (Å²) in [6.45, 7) is 0. The standard InChI is InChI=1S/C14H8ClN2/c15-12-7-11(8-16-9-12)14-6-5-10-3-1-2-4-13(10)17-14/h1-7,9H. The third kappa shape index (κ3) is 1.99. The van der Waals surface area contributed by atoms with E-state index in [0.29, 0.717) is 5.02 Å². The minimum atomic E-state index is 0.591. The smallest absolute Gasteiger partial charge is 0.0988 e. The van der Waals surface area contributed by atoms with Crippen LogP contribution in [-0.4, -0.2) is 9.97 Å². The second kappa shape index (κ2) is 4.15. The first-order chi connectivity index (χ1) is 8.33. The summed E-state index contributed by atoms with van der Waals surface area (Å²) in [4.78, 5) is 8.50. The minimum absolute atomic E-state index is 0.591. The average Bonchev–Trinajstić information content (AvgIpc) is 2.38. The van der Waals surface area contributed by atoms with E-state index < -0.39 is 0 Å². The number of fused-ring (bicyclic) bond motifs is 1. The first kappa shape index (κ1) is 10.2. The van der Waals surface area contributed by atoms with Crippen LogP contribution in [0.2, 0.25) is 5.02 Å². The molecule has 3 aromatic rings. The highest BCUT2D eigenvalue weighted by atomic mass is 35.5. The summed E-state index contributed by atoms with van der Waals surface area (Å²) in [5, 5.41) is 1.71. The van der Waals surface area contributed by atoms with Gasteiger partial charge in [0.1, 0.15) is 0 Å². The molecule has 0 atom stereocenters. The van der Waals surface area contributed by atoms with Crippen molar-refractivity contribution in [2.24, 2.45) is 0 Å². The van der Waals surface area contributed by atoms with Gasteiger partial charge in [-0.1, -0.05) is 35.9 Å². The number of benzene rings is 1. The maximum absolute atomic E-state index is 5.90. The van der Waals surface area contributed by atoms with Crippen LogP contribution < -0.4 is 0 Å². The molecular weight excluding hydrogens is 232 g/mol. The monoisotopic (exact) mass is 239 g/mol. The molecule has 0 fully saturated rings. The molecule has 0 N–H and O–H groups in total. The van der Waals surface area contributed by atoms with E-state index in [0.717, 1.165) is 22.2 Å². The number of hydrogen-bond donors (Lipinski definition) is 0. The van der Waals surface area contributed by atoms with Gasteiger partial charge in [0.25, 0.3) is 0 Å². The Labute approximate surface area is 104 Å². The van der Waals surface area contributed by atoms with Gasteiger partial charge in [-0.3, -0.25) is 4.98 Å². The number of hydrogen-bond acceptors (Lipinski definition) is 2. The van der Waals surface area contributed by atoms with Crippen LogP contribution in [0.3, 0.4) is 0 Å². The molecule has 1 aromatic carbocycles. The van der Waals surface area contributed by atoms with Crippen molar-refractivity contribution in [3.8, 4) is 11.3 Å². The number of halogens is 1. The fraction of sp³-hybridized carbons (Fsp3) is 0. The van der Waals surface area contributed by atoms with Gasteiger partial charge < -0.3 is 0 Å². The van der Waals surface area contributed by atoms with Gasteiger partial charge >= 0.3 is 0 Å². The molecule has 2 nitrogen and oxygen atoms in total. The molecule has 2 heterocycles. The third-order valence-corrected chi connectivity index (χ3v) is 2.74. The Morgan fingerprint density at radius 3 is 2.82 bits per heavy atom. The van der Waals surface area contributed by atoms with Crippen LogP contribution in [-0.2, 0) is 0 Å². The lowest BCUT2D eigenvalue weighted by Gasteiger charge is -2.02. The zero-order valence-electron chi connectivity index (χ0n) is 8.89. The number of pyridine rings is 2. The topological polar surface area (TPSA) is 25.8 Å². The molecule has 81 valence electrons. The zero-order valence-corrected chi connectivity index (χ0v) is 9.65. The second-order valence-electron chi connectivity index (χ2n) is 3.70. The molecule has 0 aliphatic heterocycles. The van der Waals surface area contributed by atoms with Crippen LogP contribution in [0.15, 0.2) is 48.7 Å². The quantitative estimate of drug-likeness (QED) is 0.646. The lowest BCUT2D eigenvalue weighted by atomic mass is 10.1. The summed E-state index contributed by atoms with van der Waals surface area (Å²) >= 11 is 5.90. The third-order valence-electron chi connectivity index (χ3n) is 2.53. The van der Waals surface area contributed by atoms with E-state index >= 15 is 0 Å². The van der Waals surface area contributed by atoms with Crippen LogP contribution in [0.1, 0.15) is 0 Å². The lowest BCUT2D eigenvalue weighted by Crippen LogP contribution is -1.86. The highest BCUT2D eigenvalue weighted by Gasteiger charge is 2.02. The van der Waals surface area contributed by atoms with Crippen molar-refractivity contribution in [2.45, 2.75) is 0 Å². The molecule has 17 heavy (non-hydrogen) atoms. The molecule has 3 heteroatoms. The minimum Gasteiger partial charge on any atom is -0.252 e. The summed E-state index contributed by atoms with van der Waals surface area (Å²) in [6.07, 6.45) is 4.45. The molecule has 0 aliphatic rings. The first-order valence-electron chi connectivity index (χ1n) is 5.22. The van der Waals surface area contributed by atoms with Gasteiger partial charge in [0.15, 0.2) is 0 Å². The molecule has 1 radical (unpaired) electrons. The molecule has 2 aromatic heterocycles. The Hall–Kier alpha value is -1.93. The van der Waals surface area contributed by atoms with Crippen molar-refractivity contribution in [1.29, 1.82) is 0 Å². The van der Waals surface area contributed by atoms with Crippen LogP contribution in [0.25, 0.3) is 22.2 Å². The van der Waals surface area contributed by atoms with Crippen molar-refractivity contribution in [1.82, 2.24) is 9.97 Å². The molecule has 0 saturated carbocycles. The van der Waals surface area contributed by atoms with Gasteiger partial charge in [-0.25, -0.2) is 4.98 Å². The van der Waals surface area contributed by atoms with Crippen LogP contribution >= 0.6 is 11.6 Å². The van der Waals surface area contributed by atoms with Crippen LogP contribution in [0.4, 0.5) is 0 Å². The van der Waals surface area contributed by atoms with Gasteiger partial charge in [0, 0.05) is 17.1 Å². The maximum Gasteiger partial charge on any atom is 0.0988 e. The molecule has 3 rings (SSSR count). The zero-order chi connectivity index (χ0) is 11.7. The highest BCUT2D eigenvalue weighted by molar-refractivity contribution is 6.30. The number of rotatable bonds is 1. The number of aromatic nitrogens is 2. The summed E-state index contributed by atoms with van der Waals surface area (Å²) in [5.41, 5.74) is 2.60. The highest BCUT2D eigenvalue weighted by Crippen LogP contribution is 2.21. The predicted molar refractivity (Wildman–Crippen MR) is 68.8 cm³/mol. The lowest BCUT2D eigenvalue weighted by molar-refractivity contribution is 1.29. The largest absolute Gasteiger partial charge is 0.252 e. The summed E-state index contributed by atoms with van der Waals surface area (Å²) in [6, 6.07) is 13.8. The number of para-hydroxylation sites is 1. The van der Waals surface area contributed by atoms with Crippen molar-refractivity contribution in [2.75, 3.05) is 0 Å². The van der Waals surface area contributed by atoms with Crippen LogP contribution in [0.5, 0.6) is 0 Å². The Bertz CT molecular complexity index is 680. The summed E-state index contributed by atoms with van der Waals surface area (Å²) in [7, 11) is 0. The Morgan fingerprint density at radius 2 is 1.94 bits per heavy atom. The second-order valence-corrected chi connectivity index (χ2v) is 4.14. The van der Waals surface area contributed by atoms with Crippen molar-refractivity contribution >= 4 is 22.5 Å². The van der Waals surface area contributed by atoms with Crippen molar-refractivity contribution < 1.29 is 0 Å². The molecule has 0 saturated heterocycles. The Kier molecular flexibility index (Phi) is 2.50. The van der Waals surface area contributed by atoms with E-state index in [-0.39, 0.29) is 0 Å². The average molecular weight is 240 g/mol. The summed E-state index contributed by atoms with van der Waals surface area (Å²) < 4.78 is 0. The van der Waals surface area contributed by atoms with Gasteiger partial charge in [0.05, 0.1) is 22.4 Å². The normalized spacial score (nSPS) is 10.6. The number of nitrogens with zero attached hydrogens (tertiary/aromatic N) is 2. The van der Waals surface area contributed by atoms with Crippen molar-refractivity contribution in [3.63, 3.8) is 0 Å². The van der Waals surface area contributed by atoms with Gasteiger partial charge in [-0.05, 0) is 18.2 Å². The Balaban J connectivity index is 2.18. The fourth-order valence-electron chi connectivity index (χ4n) is 1.72. The van der Waals surface area contributed by atoms with Crippen LogP contribution in [0, 0.1) is 6.20 Å². The molecular formula is C14H8ClN2. The maximum atomic E-state index is 5.90. The Morgan fingerprint density at radius 1 is 1.06 bits per heavy atom. The van der Waals surface area contributed by atoms with E-state index in [1.807, 2.05) is 42.5 Å². The van der Waals surface area contributed by atoms with Crippen molar-refractivity contribution in [3.05, 3.63) is 59.9 Å². The van der Waals surface area contributed by atoms with E-state index in [1.54, 1.807) is 6.20 Å². The SMILES string of the molecule is Clc1cn[c]c(-c2ccc3ccccc3n2)c1. The fourth-order valence-corrected chi connectivity index (χ4v) is 1.88. The van der Waals surface area contributed by atoms with Gasteiger partial charge in [0.2, 0.25) is 0 Å². The van der Waals surface area contributed by atoms with E-state index in [4.69, 9.17) is 11.6 Å². The predicted octanol–water partition coefficient (Wildman–Crippen LogP) is 3.75. The van der Waals surface area contributed by atoms with Gasteiger partial charge in [-0.15, -0.1) is 0 Å².